The van der Waals surface area contributed by atoms with E-state index in [1.165, 1.54) is 0 Å². The summed E-state index contributed by atoms with van der Waals surface area (Å²) in [5, 5.41) is 9.34. The summed E-state index contributed by atoms with van der Waals surface area (Å²) in [4.78, 5) is 7.93. The summed E-state index contributed by atoms with van der Waals surface area (Å²) in [6.07, 6.45) is 1.58. The standard InChI is InChI=1S/C8H12N2O2S/c1-5-6(2)9-7(4-13(3)12)10-8(5)11/h4H2,1-3H3,(H,9,10,11). The molecule has 72 valence electrons. The summed E-state index contributed by atoms with van der Waals surface area (Å²) < 4.78 is 10.9. The third kappa shape index (κ3) is 2.57. The molecular formula is C8H12N2O2S. The maximum atomic E-state index is 10.9. The minimum atomic E-state index is -0.976. The van der Waals surface area contributed by atoms with Crippen molar-refractivity contribution in [2.75, 3.05) is 6.26 Å². The monoisotopic (exact) mass is 200 g/mol. The van der Waals surface area contributed by atoms with Gasteiger partial charge in [0.1, 0.15) is 0 Å². The highest BCUT2D eigenvalue weighted by Gasteiger charge is 2.09. The topological polar surface area (TPSA) is 69.1 Å². The van der Waals surface area contributed by atoms with Crippen LogP contribution in [0.25, 0.3) is 0 Å². The maximum absolute atomic E-state index is 10.9. The van der Waals surface area contributed by atoms with Crippen LogP contribution in [-0.4, -0.2) is 25.9 Å². The van der Waals surface area contributed by atoms with Gasteiger partial charge < -0.3 is 9.66 Å². The quantitative estimate of drug-likeness (QED) is 0.713. The molecule has 5 heteroatoms. The molecule has 13 heavy (non-hydrogen) atoms. The lowest BCUT2D eigenvalue weighted by Crippen LogP contribution is -2.07. The van der Waals surface area contributed by atoms with Gasteiger partial charge in [0.25, 0.3) is 0 Å². The molecule has 0 bridgehead atoms. The summed E-state index contributed by atoms with van der Waals surface area (Å²) in [6.45, 7) is 3.54. The highest BCUT2D eigenvalue weighted by atomic mass is 32.2. The van der Waals surface area contributed by atoms with E-state index in [1.807, 2.05) is 0 Å². The zero-order valence-electron chi connectivity index (χ0n) is 7.87. The summed E-state index contributed by atoms with van der Waals surface area (Å²) in [6, 6.07) is 0. The van der Waals surface area contributed by atoms with Crippen LogP contribution in [0.3, 0.4) is 0 Å². The molecule has 0 saturated carbocycles. The van der Waals surface area contributed by atoms with E-state index in [9.17, 15) is 9.66 Å². The number of aryl methyl sites for hydroxylation is 1. The third-order valence-corrected chi connectivity index (χ3v) is 2.41. The molecule has 1 heterocycles. The number of hydrogen-bond donors (Lipinski definition) is 1. The van der Waals surface area contributed by atoms with Gasteiger partial charge in [-0.1, -0.05) is 0 Å². The lowest BCUT2D eigenvalue weighted by atomic mass is 10.2. The summed E-state index contributed by atoms with van der Waals surface area (Å²) in [5.74, 6) is 0.698. The molecule has 0 radical (unpaired) electrons. The van der Waals surface area contributed by atoms with Gasteiger partial charge >= 0.3 is 0 Å². The largest absolute Gasteiger partial charge is 0.616 e. The molecule has 0 fully saturated rings. The van der Waals surface area contributed by atoms with Crippen LogP contribution in [0.4, 0.5) is 0 Å². The molecule has 1 unspecified atom stereocenters. The van der Waals surface area contributed by atoms with Gasteiger partial charge in [0.05, 0.1) is 6.26 Å². The number of rotatable bonds is 2. The molecule has 1 aromatic heterocycles. The maximum Gasteiger partial charge on any atom is 0.217 e. The average molecular weight is 200 g/mol. The van der Waals surface area contributed by atoms with Crippen molar-refractivity contribution in [3.8, 4) is 5.88 Å². The van der Waals surface area contributed by atoms with Crippen molar-refractivity contribution in [2.45, 2.75) is 19.6 Å². The molecule has 0 spiro atoms. The van der Waals surface area contributed by atoms with Gasteiger partial charge in [0, 0.05) is 11.3 Å². The second-order valence-corrected chi connectivity index (χ2v) is 4.33. The van der Waals surface area contributed by atoms with Gasteiger partial charge in [-0.2, -0.15) is 4.98 Å². The van der Waals surface area contributed by atoms with E-state index in [0.717, 1.165) is 5.69 Å². The van der Waals surface area contributed by atoms with E-state index in [4.69, 9.17) is 0 Å². The van der Waals surface area contributed by atoms with Crippen LogP contribution in [-0.2, 0) is 16.9 Å². The van der Waals surface area contributed by atoms with Crippen LogP contribution >= 0.6 is 0 Å². The molecule has 1 rings (SSSR count). The Morgan fingerprint density at radius 2 is 2.00 bits per heavy atom. The Kier molecular flexibility index (Phi) is 3.11. The van der Waals surface area contributed by atoms with Crippen LogP contribution in [0.5, 0.6) is 5.88 Å². The van der Waals surface area contributed by atoms with Crippen LogP contribution in [0.15, 0.2) is 0 Å². The molecule has 0 aliphatic carbocycles. The van der Waals surface area contributed by atoms with Crippen molar-refractivity contribution >= 4 is 11.2 Å². The summed E-state index contributed by atoms with van der Waals surface area (Å²) >= 11 is -0.976. The number of hydrogen-bond acceptors (Lipinski definition) is 4. The zero-order valence-corrected chi connectivity index (χ0v) is 8.68. The van der Waals surface area contributed by atoms with Crippen LogP contribution < -0.4 is 0 Å². The molecule has 0 saturated heterocycles. The van der Waals surface area contributed by atoms with Crippen LogP contribution in [0.2, 0.25) is 0 Å². The Morgan fingerprint density at radius 1 is 1.38 bits per heavy atom. The van der Waals surface area contributed by atoms with E-state index < -0.39 is 11.2 Å². The van der Waals surface area contributed by atoms with Crippen LogP contribution in [0, 0.1) is 13.8 Å². The molecule has 1 atom stereocenters. The Morgan fingerprint density at radius 3 is 2.46 bits per heavy atom. The Balaban J connectivity index is 2.99. The molecular weight excluding hydrogens is 188 g/mol. The first-order valence-electron chi connectivity index (χ1n) is 3.84. The first-order chi connectivity index (χ1) is 6.00. The minimum absolute atomic E-state index is 0.0204. The minimum Gasteiger partial charge on any atom is -0.616 e. The van der Waals surface area contributed by atoms with E-state index in [0.29, 0.717) is 11.4 Å². The van der Waals surface area contributed by atoms with Gasteiger partial charge in [-0.15, -0.1) is 0 Å². The van der Waals surface area contributed by atoms with Gasteiger partial charge in [-0.3, -0.25) is 0 Å². The fraction of sp³-hybridized carbons (Fsp3) is 0.500. The summed E-state index contributed by atoms with van der Waals surface area (Å²) in [7, 11) is 0. The van der Waals surface area contributed by atoms with E-state index in [-0.39, 0.29) is 11.6 Å². The predicted molar refractivity (Wildman–Crippen MR) is 50.9 cm³/mol. The highest BCUT2D eigenvalue weighted by molar-refractivity contribution is 7.89. The predicted octanol–water partition coefficient (Wildman–Crippen LogP) is 0.678. The Labute approximate surface area is 80.2 Å². The molecule has 0 amide bonds. The SMILES string of the molecule is Cc1nc(C[S+](C)[O-])nc(O)c1C. The summed E-state index contributed by atoms with van der Waals surface area (Å²) in [5.41, 5.74) is 1.40. The van der Waals surface area contributed by atoms with Gasteiger partial charge in [-0.05, 0) is 25.0 Å². The van der Waals surface area contributed by atoms with Crippen molar-refractivity contribution in [3.05, 3.63) is 17.1 Å². The number of aromatic hydroxyl groups is 1. The molecule has 0 aliphatic rings. The van der Waals surface area contributed by atoms with E-state index in [1.54, 1.807) is 20.1 Å². The highest BCUT2D eigenvalue weighted by Crippen LogP contribution is 2.15. The van der Waals surface area contributed by atoms with Gasteiger partial charge in [0.2, 0.25) is 5.88 Å². The van der Waals surface area contributed by atoms with Crippen LogP contribution in [0.1, 0.15) is 17.1 Å². The van der Waals surface area contributed by atoms with Gasteiger partial charge in [0.15, 0.2) is 11.6 Å². The lowest BCUT2D eigenvalue weighted by molar-refractivity contribution is 0.444. The van der Waals surface area contributed by atoms with Crippen molar-refractivity contribution in [1.82, 2.24) is 9.97 Å². The molecule has 0 aliphatic heterocycles. The molecule has 4 nitrogen and oxygen atoms in total. The first-order valence-corrected chi connectivity index (χ1v) is 5.56. The van der Waals surface area contributed by atoms with Crippen molar-refractivity contribution in [2.24, 2.45) is 0 Å². The second kappa shape index (κ2) is 3.93. The van der Waals surface area contributed by atoms with E-state index >= 15 is 0 Å². The van der Waals surface area contributed by atoms with Gasteiger partial charge in [-0.25, -0.2) is 4.98 Å². The average Bonchev–Trinajstić information content (AvgIpc) is 1.98. The van der Waals surface area contributed by atoms with Crippen molar-refractivity contribution in [3.63, 3.8) is 0 Å². The lowest BCUT2D eigenvalue weighted by Gasteiger charge is -2.06. The Hall–Kier alpha value is -0.810. The Bertz CT molecular complexity index is 292. The van der Waals surface area contributed by atoms with E-state index in [2.05, 4.69) is 9.97 Å². The zero-order chi connectivity index (χ0) is 10.0. The molecule has 1 N–H and O–H groups in total. The molecule has 1 aromatic rings. The first kappa shape index (κ1) is 10.3. The normalized spacial score (nSPS) is 12.9. The van der Waals surface area contributed by atoms with Crippen molar-refractivity contribution < 1.29 is 9.66 Å². The smallest absolute Gasteiger partial charge is 0.217 e. The fourth-order valence-corrected chi connectivity index (χ4v) is 1.41. The second-order valence-electron chi connectivity index (χ2n) is 2.89. The van der Waals surface area contributed by atoms with Crippen molar-refractivity contribution in [1.29, 1.82) is 0 Å². The number of nitrogens with zero attached hydrogens (tertiary/aromatic N) is 2. The fourth-order valence-electron chi connectivity index (χ4n) is 0.917. The third-order valence-electron chi connectivity index (χ3n) is 1.74. The number of aromatic nitrogens is 2. The molecule has 0 aromatic carbocycles.